The number of phenols is 1. The zero-order valence-corrected chi connectivity index (χ0v) is 11.0. The predicted octanol–water partition coefficient (Wildman–Crippen LogP) is 1.64. The fourth-order valence-corrected chi connectivity index (χ4v) is 2.51. The Balaban J connectivity index is 2.21. The summed E-state index contributed by atoms with van der Waals surface area (Å²) < 4.78 is 0. The van der Waals surface area contributed by atoms with Crippen LogP contribution in [0, 0.1) is 12.8 Å². The lowest BCUT2D eigenvalue weighted by Gasteiger charge is -2.23. The van der Waals surface area contributed by atoms with Gasteiger partial charge in [-0.1, -0.05) is 0 Å². The van der Waals surface area contributed by atoms with Gasteiger partial charge >= 0.3 is 5.97 Å². The zero-order valence-electron chi connectivity index (χ0n) is 11.0. The number of carbonyl (C=O) groups is 2. The van der Waals surface area contributed by atoms with Crippen LogP contribution in [0.25, 0.3) is 0 Å². The zero-order chi connectivity index (χ0) is 14.2. The molecule has 1 fully saturated rings. The number of aliphatic carboxylic acids is 1. The Morgan fingerprint density at radius 3 is 2.58 bits per heavy atom. The van der Waals surface area contributed by atoms with Crippen molar-refractivity contribution >= 4 is 11.9 Å². The second-order valence-corrected chi connectivity index (χ2v) is 4.97. The number of rotatable bonds is 2. The van der Waals surface area contributed by atoms with E-state index in [1.54, 1.807) is 30.9 Å². The standard InChI is InChI=1S/C14H17NO4/c1-8-7-10(3-4-12(8)16)13(17)15-6-5-11(9(15)2)14(18)19/h3-4,7,9,11,16H,5-6H2,1-2H3,(H,18,19). The molecule has 0 spiro atoms. The maximum Gasteiger partial charge on any atom is 0.308 e. The lowest BCUT2D eigenvalue weighted by Crippen LogP contribution is -2.37. The molecule has 1 aromatic carbocycles. The van der Waals surface area contributed by atoms with Crippen molar-refractivity contribution in [1.29, 1.82) is 0 Å². The molecule has 19 heavy (non-hydrogen) atoms. The third kappa shape index (κ3) is 2.41. The number of amides is 1. The second kappa shape index (κ2) is 4.91. The summed E-state index contributed by atoms with van der Waals surface area (Å²) in [5.41, 5.74) is 1.11. The van der Waals surface area contributed by atoms with Gasteiger partial charge in [0.05, 0.1) is 5.92 Å². The van der Waals surface area contributed by atoms with Crippen molar-refractivity contribution in [3.8, 4) is 5.75 Å². The van der Waals surface area contributed by atoms with E-state index in [1.165, 1.54) is 6.07 Å². The molecule has 0 bridgehead atoms. The molecule has 5 heteroatoms. The van der Waals surface area contributed by atoms with E-state index in [9.17, 15) is 14.7 Å². The van der Waals surface area contributed by atoms with Gasteiger partial charge in [0.25, 0.3) is 5.91 Å². The third-order valence-corrected chi connectivity index (χ3v) is 3.78. The van der Waals surface area contributed by atoms with Crippen LogP contribution in [-0.4, -0.2) is 39.6 Å². The number of hydrogen-bond acceptors (Lipinski definition) is 3. The van der Waals surface area contributed by atoms with Crippen LogP contribution in [0.3, 0.4) is 0 Å². The summed E-state index contributed by atoms with van der Waals surface area (Å²) in [6, 6.07) is 4.36. The van der Waals surface area contributed by atoms with Crippen molar-refractivity contribution in [1.82, 2.24) is 4.90 Å². The molecule has 0 saturated carbocycles. The highest BCUT2D eigenvalue weighted by molar-refractivity contribution is 5.95. The summed E-state index contributed by atoms with van der Waals surface area (Å²) in [7, 11) is 0. The molecule has 1 aliphatic rings. The number of benzene rings is 1. The Hall–Kier alpha value is -2.04. The van der Waals surface area contributed by atoms with Crippen molar-refractivity contribution in [3.05, 3.63) is 29.3 Å². The fourth-order valence-electron chi connectivity index (χ4n) is 2.51. The highest BCUT2D eigenvalue weighted by Gasteiger charge is 2.38. The predicted molar refractivity (Wildman–Crippen MR) is 69.1 cm³/mol. The number of hydrogen-bond donors (Lipinski definition) is 2. The Morgan fingerprint density at radius 2 is 2.05 bits per heavy atom. The van der Waals surface area contributed by atoms with Crippen molar-refractivity contribution in [3.63, 3.8) is 0 Å². The van der Waals surface area contributed by atoms with E-state index in [4.69, 9.17) is 5.11 Å². The number of aryl methyl sites for hydroxylation is 1. The van der Waals surface area contributed by atoms with Crippen LogP contribution in [0.2, 0.25) is 0 Å². The summed E-state index contributed by atoms with van der Waals surface area (Å²) in [5.74, 6) is -1.39. The summed E-state index contributed by atoms with van der Waals surface area (Å²) >= 11 is 0. The van der Waals surface area contributed by atoms with E-state index < -0.39 is 11.9 Å². The molecule has 2 atom stereocenters. The van der Waals surface area contributed by atoms with E-state index in [2.05, 4.69) is 0 Å². The summed E-state index contributed by atoms with van der Waals surface area (Å²) in [5, 5.41) is 18.5. The number of phenolic OH excluding ortho intramolecular Hbond substituents is 1. The van der Waals surface area contributed by atoms with E-state index in [0.717, 1.165) is 0 Å². The molecule has 1 saturated heterocycles. The largest absolute Gasteiger partial charge is 0.508 e. The molecule has 0 aromatic heterocycles. The number of carboxylic acids is 1. The van der Waals surface area contributed by atoms with Crippen molar-refractivity contribution in [2.45, 2.75) is 26.3 Å². The third-order valence-electron chi connectivity index (χ3n) is 3.78. The SMILES string of the molecule is Cc1cc(C(=O)N2CCC(C(=O)O)C2C)ccc1O. The highest BCUT2D eigenvalue weighted by atomic mass is 16.4. The fraction of sp³-hybridized carbons (Fsp3) is 0.429. The molecule has 2 rings (SSSR count). The van der Waals surface area contributed by atoms with E-state index in [-0.39, 0.29) is 17.7 Å². The van der Waals surface area contributed by atoms with E-state index in [1.807, 2.05) is 0 Å². The average molecular weight is 263 g/mol. The molecule has 1 aromatic rings. The van der Waals surface area contributed by atoms with Crippen LogP contribution < -0.4 is 0 Å². The molecule has 1 heterocycles. The molecule has 2 N–H and O–H groups in total. The minimum absolute atomic E-state index is 0.148. The molecule has 2 unspecified atom stereocenters. The smallest absolute Gasteiger partial charge is 0.308 e. The Labute approximate surface area is 111 Å². The van der Waals surface area contributed by atoms with Gasteiger partial charge in [-0.15, -0.1) is 0 Å². The summed E-state index contributed by atoms with van der Waals surface area (Å²) in [4.78, 5) is 25.0. The Morgan fingerprint density at radius 1 is 1.37 bits per heavy atom. The Kier molecular flexibility index (Phi) is 3.46. The van der Waals surface area contributed by atoms with Gasteiger partial charge in [-0.3, -0.25) is 9.59 Å². The van der Waals surface area contributed by atoms with Crippen molar-refractivity contribution < 1.29 is 19.8 Å². The molecule has 5 nitrogen and oxygen atoms in total. The lowest BCUT2D eigenvalue weighted by atomic mass is 10.0. The minimum atomic E-state index is -0.857. The molecule has 1 aliphatic heterocycles. The highest BCUT2D eigenvalue weighted by Crippen LogP contribution is 2.27. The van der Waals surface area contributed by atoms with E-state index in [0.29, 0.717) is 24.1 Å². The van der Waals surface area contributed by atoms with E-state index >= 15 is 0 Å². The second-order valence-electron chi connectivity index (χ2n) is 4.97. The minimum Gasteiger partial charge on any atom is -0.508 e. The number of carboxylic acid groups (broad SMARTS) is 1. The number of carbonyl (C=O) groups excluding carboxylic acids is 1. The number of aromatic hydroxyl groups is 1. The quantitative estimate of drug-likeness (QED) is 0.850. The lowest BCUT2D eigenvalue weighted by molar-refractivity contribution is -0.142. The van der Waals surface area contributed by atoms with Crippen LogP contribution >= 0.6 is 0 Å². The van der Waals surface area contributed by atoms with Crippen LogP contribution in [0.5, 0.6) is 5.75 Å². The van der Waals surface area contributed by atoms with Gasteiger partial charge in [-0.05, 0) is 44.0 Å². The first kappa shape index (κ1) is 13.4. The van der Waals surface area contributed by atoms with Crippen LogP contribution in [-0.2, 0) is 4.79 Å². The molecule has 0 radical (unpaired) electrons. The molecule has 102 valence electrons. The average Bonchev–Trinajstić information content (AvgIpc) is 2.74. The number of nitrogens with zero attached hydrogens (tertiary/aromatic N) is 1. The van der Waals surface area contributed by atoms with Gasteiger partial charge in [0.1, 0.15) is 5.75 Å². The maximum absolute atomic E-state index is 12.3. The Bertz CT molecular complexity index is 526. The van der Waals surface area contributed by atoms with Crippen molar-refractivity contribution in [2.75, 3.05) is 6.54 Å². The van der Waals surface area contributed by atoms with Gasteiger partial charge in [-0.25, -0.2) is 0 Å². The molecule has 0 aliphatic carbocycles. The first-order valence-corrected chi connectivity index (χ1v) is 6.25. The van der Waals surface area contributed by atoms with Crippen LogP contribution in [0.15, 0.2) is 18.2 Å². The normalized spacial score (nSPS) is 22.5. The number of likely N-dealkylation sites (tertiary alicyclic amines) is 1. The van der Waals surface area contributed by atoms with Gasteiger partial charge < -0.3 is 15.1 Å². The summed E-state index contributed by atoms with van der Waals surface area (Å²) in [6.45, 7) is 3.94. The molecular formula is C14H17NO4. The first-order chi connectivity index (χ1) is 8.91. The van der Waals surface area contributed by atoms with Crippen LogP contribution in [0.1, 0.15) is 29.3 Å². The topological polar surface area (TPSA) is 77.8 Å². The maximum atomic E-state index is 12.3. The molecular weight excluding hydrogens is 246 g/mol. The van der Waals surface area contributed by atoms with Crippen LogP contribution in [0.4, 0.5) is 0 Å². The van der Waals surface area contributed by atoms with Gasteiger partial charge in [0, 0.05) is 18.2 Å². The summed E-state index contributed by atoms with van der Waals surface area (Å²) in [6.07, 6.45) is 0.485. The van der Waals surface area contributed by atoms with Gasteiger partial charge in [0.15, 0.2) is 0 Å². The first-order valence-electron chi connectivity index (χ1n) is 6.25. The monoisotopic (exact) mass is 263 g/mol. The van der Waals surface area contributed by atoms with Gasteiger partial charge in [-0.2, -0.15) is 0 Å². The van der Waals surface area contributed by atoms with Crippen molar-refractivity contribution in [2.24, 2.45) is 5.92 Å². The molecule has 1 amide bonds. The van der Waals surface area contributed by atoms with Gasteiger partial charge in [0.2, 0.25) is 0 Å².